The number of hydrogen-bond acceptors (Lipinski definition) is 3. The molecule has 1 aromatic heterocycles. The molecule has 3 rings (SSSR count). The monoisotopic (exact) mass is 250 g/mol. The van der Waals surface area contributed by atoms with E-state index in [-0.39, 0.29) is 0 Å². The van der Waals surface area contributed by atoms with Crippen LogP contribution in [-0.4, -0.2) is 11.5 Å². The van der Waals surface area contributed by atoms with Crippen LogP contribution in [0.15, 0.2) is 0 Å². The van der Waals surface area contributed by atoms with Crippen molar-refractivity contribution in [1.29, 1.82) is 0 Å². The predicted molar refractivity (Wildman–Crippen MR) is 72.6 cm³/mol. The second-order valence-electron chi connectivity index (χ2n) is 5.34. The Morgan fingerprint density at radius 3 is 2.71 bits per heavy atom. The number of thiazole rings is 1. The van der Waals surface area contributed by atoms with Gasteiger partial charge in [-0.1, -0.05) is 19.3 Å². The SMILES string of the molecule is C1CCCc2sc(C3CCCCN3)nc2CC1. The van der Waals surface area contributed by atoms with Crippen LogP contribution in [0.1, 0.15) is 66.6 Å². The maximum atomic E-state index is 4.93. The van der Waals surface area contributed by atoms with Crippen LogP contribution >= 0.6 is 11.3 Å². The van der Waals surface area contributed by atoms with Crippen LogP contribution in [0.4, 0.5) is 0 Å². The van der Waals surface area contributed by atoms with Gasteiger partial charge in [0, 0.05) is 4.88 Å². The highest BCUT2D eigenvalue weighted by atomic mass is 32.1. The van der Waals surface area contributed by atoms with Crippen molar-refractivity contribution in [1.82, 2.24) is 10.3 Å². The highest BCUT2D eigenvalue weighted by Crippen LogP contribution is 2.31. The summed E-state index contributed by atoms with van der Waals surface area (Å²) in [7, 11) is 0. The molecule has 1 N–H and O–H groups in total. The molecule has 2 heterocycles. The minimum Gasteiger partial charge on any atom is -0.308 e. The lowest BCUT2D eigenvalue weighted by Crippen LogP contribution is -2.26. The first-order valence-corrected chi connectivity index (χ1v) is 7.97. The maximum Gasteiger partial charge on any atom is 0.110 e. The summed E-state index contributed by atoms with van der Waals surface area (Å²) >= 11 is 1.99. The van der Waals surface area contributed by atoms with E-state index in [1.165, 1.54) is 75.0 Å². The fourth-order valence-corrected chi connectivity index (χ4v) is 4.20. The van der Waals surface area contributed by atoms with Gasteiger partial charge in [0.15, 0.2) is 0 Å². The van der Waals surface area contributed by atoms with Crippen LogP contribution in [0.25, 0.3) is 0 Å². The average Bonchev–Trinajstić information content (AvgIpc) is 2.73. The molecule has 1 aliphatic heterocycles. The van der Waals surface area contributed by atoms with E-state index in [4.69, 9.17) is 4.98 Å². The van der Waals surface area contributed by atoms with E-state index in [0.29, 0.717) is 6.04 Å². The van der Waals surface area contributed by atoms with Crippen molar-refractivity contribution < 1.29 is 0 Å². The molecule has 2 nitrogen and oxygen atoms in total. The molecule has 2 aliphatic rings. The number of hydrogen-bond donors (Lipinski definition) is 1. The summed E-state index contributed by atoms with van der Waals surface area (Å²) in [5.74, 6) is 0. The number of aryl methyl sites for hydroxylation is 2. The van der Waals surface area contributed by atoms with Gasteiger partial charge in [-0.05, 0) is 45.1 Å². The fraction of sp³-hybridized carbons (Fsp3) is 0.786. The van der Waals surface area contributed by atoms with E-state index in [1.54, 1.807) is 4.88 Å². The van der Waals surface area contributed by atoms with E-state index >= 15 is 0 Å². The van der Waals surface area contributed by atoms with Gasteiger partial charge in [0.25, 0.3) is 0 Å². The van der Waals surface area contributed by atoms with Gasteiger partial charge in [0.05, 0.1) is 11.7 Å². The van der Waals surface area contributed by atoms with Crippen LogP contribution in [0.2, 0.25) is 0 Å². The first kappa shape index (κ1) is 11.7. The largest absolute Gasteiger partial charge is 0.308 e. The van der Waals surface area contributed by atoms with Crippen LogP contribution < -0.4 is 5.32 Å². The van der Waals surface area contributed by atoms with Crippen molar-refractivity contribution in [3.63, 3.8) is 0 Å². The van der Waals surface area contributed by atoms with E-state index in [0.717, 1.165) is 0 Å². The lowest BCUT2D eigenvalue weighted by Gasteiger charge is -2.21. The second kappa shape index (κ2) is 5.49. The molecule has 1 unspecified atom stereocenters. The summed E-state index contributed by atoms with van der Waals surface area (Å²) in [6.45, 7) is 1.18. The van der Waals surface area contributed by atoms with E-state index in [1.807, 2.05) is 11.3 Å². The number of rotatable bonds is 1. The zero-order valence-corrected chi connectivity index (χ0v) is 11.3. The first-order chi connectivity index (χ1) is 8.43. The molecule has 0 bridgehead atoms. The van der Waals surface area contributed by atoms with E-state index < -0.39 is 0 Å². The molecule has 3 heteroatoms. The summed E-state index contributed by atoms with van der Waals surface area (Å²) in [5, 5.41) is 5.00. The van der Waals surface area contributed by atoms with Crippen molar-refractivity contribution in [2.24, 2.45) is 0 Å². The Balaban J connectivity index is 1.78. The molecule has 0 radical (unpaired) electrons. The molecule has 1 atom stereocenters. The molecule has 0 spiro atoms. The number of aromatic nitrogens is 1. The Morgan fingerprint density at radius 1 is 1.00 bits per heavy atom. The Morgan fingerprint density at radius 2 is 1.88 bits per heavy atom. The summed E-state index contributed by atoms with van der Waals surface area (Å²) in [5.41, 5.74) is 1.43. The van der Waals surface area contributed by atoms with Crippen molar-refractivity contribution in [3.8, 4) is 0 Å². The van der Waals surface area contributed by atoms with Crippen LogP contribution in [0, 0.1) is 0 Å². The Bertz CT molecular complexity index is 341. The molecule has 1 saturated heterocycles. The lowest BCUT2D eigenvalue weighted by atomic mass is 10.0. The third kappa shape index (κ3) is 2.71. The summed E-state index contributed by atoms with van der Waals surface area (Å²) in [6, 6.07) is 0.557. The molecule has 0 aromatic carbocycles. The van der Waals surface area contributed by atoms with Gasteiger partial charge in [0.2, 0.25) is 0 Å². The van der Waals surface area contributed by atoms with Gasteiger partial charge in [-0.3, -0.25) is 0 Å². The Kier molecular flexibility index (Phi) is 3.77. The highest BCUT2D eigenvalue weighted by Gasteiger charge is 2.21. The molecule has 94 valence electrons. The fourth-order valence-electron chi connectivity index (χ4n) is 2.94. The minimum atomic E-state index is 0.557. The average molecular weight is 250 g/mol. The normalized spacial score (nSPS) is 26.0. The maximum absolute atomic E-state index is 4.93. The van der Waals surface area contributed by atoms with Gasteiger partial charge >= 0.3 is 0 Å². The molecule has 1 aliphatic carbocycles. The summed E-state index contributed by atoms with van der Waals surface area (Å²) in [6.07, 6.45) is 12.0. The van der Waals surface area contributed by atoms with Crippen molar-refractivity contribution in [2.45, 2.75) is 63.8 Å². The highest BCUT2D eigenvalue weighted by molar-refractivity contribution is 7.11. The van der Waals surface area contributed by atoms with Crippen molar-refractivity contribution in [3.05, 3.63) is 15.6 Å². The minimum absolute atomic E-state index is 0.557. The van der Waals surface area contributed by atoms with Gasteiger partial charge < -0.3 is 5.32 Å². The second-order valence-corrected chi connectivity index (χ2v) is 6.45. The number of piperidine rings is 1. The molecule has 0 amide bonds. The quantitative estimate of drug-likeness (QED) is 0.823. The third-order valence-corrected chi connectivity index (χ3v) is 5.24. The number of nitrogens with one attached hydrogen (secondary N) is 1. The van der Waals surface area contributed by atoms with E-state index in [9.17, 15) is 0 Å². The van der Waals surface area contributed by atoms with E-state index in [2.05, 4.69) is 5.32 Å². The smallest absolute Gasteiger partial charge is 0.110 e. The predicted octanol–water partition coefficient (Wildman–Crippen LogP) is 3.62. The molecule has 0 saturated carbocycles. The van der Waals surface area contributed by atoms with Gasteiger partial charge in [0.1, 0.15) is 5.01 Å². The Labute approximate surface area is 108 Å². The van der Waals surface area contributed by atoms with Crippen LogP contribution in [0.3, 0.4) is 0 Å². The van der Waals surface area contributed by atoms with Crippen molar-refractivity contribution >= 4 is 11.3 Å². The molecular weight excluding hydrogens is 228 g/mol. The lowest BCUT2D eigenvalue weighted by molar-refractivity contribution is 0.410. The molecular formula is C14H22N2S. The number of fused-ring (bicyclic) bond motifs is 1. The number of nitrogens with zero attached hydrogens (tertiary/aromatic N) is 1. The van der Waals surface area contributed by atoms with Crippen molar-refractivity contribution in [2.75, 3.05) is 6.54 Å². The first-order valence-electron chi connectivity index (χ1n) is 7.15. The zero-order valence-electron chi connectivity index (χ0n) is 10.5. The molecule has 1 fully saturated rings. The van der Waals surface area contributed by atoms with Crippen LogP contribution in [0.5, 0.6) is 0 Å². The summed E-state index contributed by atoms with van der Waals surface area (Å²) in [4.78, 5) is 6.52. The topological polar surface area (TPSA) is 24.9 Å². The van der Waals surface area contributed by atoms with Gasteiger partial charge in [-0.25, -0.2) is 4.98 Å². The third-order valence-electron chi connectivity index (χ3n) is 3.97. The van der Waals surface area contributed by atoms with Crippen LogP contribution in [-0.2, 0) is 12.8 Å². The Hall–Kier alpha value is -0.410. The zero-order chi connectivity index (χ0) is 11.5. The van der Waals surface area contributed by atoms with Gasteiger partial charge in [-0.15, -0.1) is 11.3 Å². The summed E-state index contributed by atoms with van der Waals surface area (Å²) < 4.78 is 0. The molecule has 1 aromatic rings. The van der Waals surface area contributed by atoms with Gasteiger partial charge in [-0.2, -0.15) is 0 Å². The molecule has 17 heavy (non-hydrogen) atoms. The standard InChI is InChI=1S/C14H22N2S/c1-2-4-9-13-11(7-3-1)16-14(17-13)12-8-5-6-10-15-12/h12,15H,1-10H2.